The average Bonchev–Trinajstić information content (AvgIpc) is 2.91. The van der Waals surface area contributed by atoms with Gasteiger partial charge in [-0.2, -0.15) is 4.31 Å². The molecule has 1 N–H and O–H groups in total. The van der Waals surface area contributed by atoms with Gasteiger partial charge in [0.1, 0.15) is 9.75 Å². The normalized spacial score (nSPS) is 12.4. The number of likely N-dealkylation sites (N-methyl/N-ethyl adjacent to an activating group) is 2. The van der Waals surface area contributed by atoms with Gasteiger partial charge in [0.2, 0.25) is 5.91 Å². The van der Waals surface area contributed by atoms with Gasteiger partial charge in [-0.1, -0.05) is 6.07 Å². The van der Waals surface area contributed by atoms with Crippen molar-refractivity contribution >= 4 is 33.2 Å². The number of carboxylic acids is 1. The molecular weight excluding hydrogens is 316 g/mol. The minimum Gasteiger partial charge on any atom is -0.480 e. The van der Waals surface area contributed by atoms with E-state index in [0.29, 0.717) is 0 Å². The number of sulfonamides is 1. The molecule has 118 valence electrons. The first kappa shape index (κ1) is 17.6. The van der Waals surface area contributed by atoms with Gasteiger partial charge in [-0.3, -0.25) is 4.79 Å². The van der Waals surface area contributed by atoms with Gasteiger partial charge in [0, 0.05) is 14.1 Å². The van der Waals surface area contributed by atoms with Crippen LogP contribution in [0.3, 0.4) is 0 Å². The Bertz CT molecular complexity index is 622. The van der Waals surface area contributed by atoms with Gasteiger partial charge in [0.25, 0.3) is 10.0 Å². The van der Waals surface area contributed by atoms with Crippen LogP contribution >= 0.6 is 11.3 Å². The molecule has 0 saturated carbocycles. The number of rotatable bonds is 6. The second kappa shape index (κ2) is 6.12. The fourth-order valence-corrected chi connectivity index (χ4v) is 3.72. The molecule has 0 aromatic carbocycles. The summed E-state index contributed by atoms with van der Waals surface area (Å²) in [6.07, 6.45) is 0. The zero-order valence-electron chi connectivity index (χ0n) is 12.2. The molecule has 0 fully saturated rings. The molecule has 9 heteroatoms. The van der Waals surface area contributed by atoms with Crippen molar-refractivity contribution < 1.29 is 23.1 Å². The highest BCUT2D eigenvalue weighted by Gasteiger charge is 2.36. The Morgan fingerprint density at radius 1 is 1.33 bits per heavy atom. The summed E-state index contributed by atoms with van der Waals surface area (Å²) in [5, 5.41) is 10.7. The van der Waals surface area contributed by atoms with Gasteiger partial charge in [-0.05, 0) is 25.3 Å². The first-order valence-electron chi connectivity index (χ1n) is 6.01. The first-order valence-corrected chi connectivity index (χ1v) is 8.33. The van der Waals surface area contributed by atoms with Crippen molar-refractivity contribution in [2.24, 2.45) is 0 Å². The van der Waals surface area contributed by atoms with E-state index >= 15 is 0 Å². The van der Waals surface area contributed by atoms with Crippen LogP contribution in [0.15, 0.2) is 21.7 Å². The van der Waals surface area contributed by atoms with E-state index in [9.17, 15) is 18.0 Å². The van der Waals surface area contributed by atoms with Gasteiger partial charge in [0.15, 0.2) is 0 Å². The summed E-state index contributed by atoms with van der Waals surface area (Å²) in [5.74, 6) is -1.76. The van der Waals surface area contributed by atoms with Gasteiger partial charge >= 0.3 is 5.97 Å². The van der Waals surface area contributed by atoms with E-state index in [0.717, 1.165) is 20.5 Å². The molecule has 0 aliphatic heterocycles. The lowest BCUT2D eigenvalue weighted by atomic mass is 10.0. The molecule has 0 spiro atoms. The zero-order valence-corrected chi connectivity index (χ0v) is 13.9. The van der Waals surface area contributed by atoms with Crippen LogP contribution in [-0.4, -0.2) is 60.8 Å². The van der Waals surface area contributed by atoms with Gasteiger partial charge < -0.3 is 10.0 Å². The minimum absolute atomic E-state index is 0.137. The number of hydrogen-bond donors (Lipinski definition) is 1. The van der Waals surface area contributed by atoms with Crippen LogP contribution in [0.25, 0.3) is 0 Å². The number of carbonyl (C=O) groups excluding carboxylic acids is 1. The maximum absolute atomic E-state index is 12.2. The SMILES string of the molecule is CN(C(=O)CN(C)S(=O)(=O)c1cccs1)C(C)(C)C(=O)O. The van der Waals surface area contributed by atoms with E-state index in [-0.39, 0.29) is 4.21 Å². The monoisotopic (exact) mass is 334 g/mol. The van der Waals surface area contributed by atoms with Crippen LogP contribution in [0.5, 0.6) is 0 Å². The Morgan fingerprint density at radius 3 is 2.33 bits per heavy atom. The Balaban J connectivity index is 2.87. The van der Waals surface area contributed by atoms with Crippen LogP contribution in [0, 0.1) is 0 Å². The van der Waals surface area contributed by atoms with Crippen molar-refractivity contribution in [1.82, 2.24) is 9.21 Å². The molecule has 0 radical (unpaired) electrons. The second-order valence-electron chi connectivity index (χ2n) is 5.01. The number of amides is 1. The van der Waals surface area contributed by atoms with Crippen LogP contribution in [0.2, 0.25) is 0 Å². The molecule has 0 saturated heterocycles. The number of carboxylic acid groups (broad SMARTS) is 1. The van der Waals surface area contributed by atoms with E-state index in [4.69, 9.17) is 5.11 Å². The topological polar surface area (TPSA) is 95.0 Å². The second-order valence-corrected chi connectivity index (χ2v) is 8.23. The molecule has 21 heavy (non-hydrogen) atoms. The summed E-state index contributed by atoms with van der Waals surface area (Å²) in [7, 11) is -1.11. The molecule has 1 amide bonds. The smallest absolute Gasteiger partial charge is 0.329 e. The molecule has 1 heterocycles. The summed E-state index contributed by atoms with van der Waals surface area (Å²) >= 11 is 1.06. The van der Waals surface area contributed by atoms with E-state index in [2.05, 4.69) is 0 Å². The van der Waals surface area contributed by atoms with Gasteiger partial charge in [0.05, 0.1) is 6.54 Å². The molecule has 0 atom stereocenters. The van der Waals surface area contributed by atoms with Crippen LogP contribution in [-0.2, 0) is 19.6 Å². The Morgan fingerprint density at radius 2 is 1.90 bits per heavy atom. The third-order valence-corrected chi connectivity index (χ3v) is 6.43. The molecule has 0 unspecified atom stereocenters. The maximum Gasteiger partial charge on any atom is 0.329 e. The Hall–Kier alpha value is -1.45. The maximum atomic E-state index is 12.2. The highest BCUT2D eigenvalue weighted by Crippen LogP contribution is 2.20. The van der Waals surface area contributed by atoms with E-state index in [1.165, 1.54) is 34.0 Å². The lowest BCUT2D eigenvalue weighted by Crippen LogP contribution is -2.53. The third kappa shape index (κ3) is 3.60. The van der Waals surface area contributed by atoms with E-state index < -0.39 is 34.0 Å². The predicted octanol–water partition coefficient (Wildman–Crippen LogP) is 0.690. The average molecular weight is 334 g/mol. The van der Waals surface area contributed by atoms with Crippen molar-refractivity contribution in [2.45, 2.75) is 23.6 Å². The number of thiophene rings is 1. The molecular formula is C12H18N2O5S2. The van der Waals surface area contributed by atoms with Gasteiger partial charge in [-0.25, -0.2) is 13.2 Å². The summed E-state index contributed by atoms with van der Waals surface area (Å²) in [5.41, 5.74) is -1.41. The quantitative estimate of drug-likeness (QED) is 0.826. The summed E-state index contributed by atoms with van der Waals surface area (Å²) in [6.45, 7) is 2.33. The van der Waals surface area contributed by atoms with Crippen LogP contribution < -0.4 is 0 Å². The Labute approximate surface area is 127 Å². The molecule has 7 nitrogen and oxygen atoms in total. The summed E-state index contributed by atoms with van der Waals surface area (Å²) < 4.78 is 25.4. The number of aliphatic carboxylic acids is 1. The van der Waals surface area contributed by atoms with Crippen molar-refractivity contribution in [3.63, 3.8) is 0 Å². The van der Waals surface area contributed by atoms with Crippen molar-refractivity contribution in [2.75, 3.05) is 20.6 Å². The van der Waals surface area contributed by atoms with Crippen molar-refractivity contribution in [1.29, 1.82) is 0 Å². The molecule has 1 aromatic heterocycles. The van der Waals surface area contributed by atoms with E-state index in [1.807, 2.05) is 0 Å². The minimum atomic E-state index is -3.73. The highest BCUT2D eigenvalue weighted by molar-refractivity contribution is 7.91. The summed E-state index contributed by atoms with van der Waals surface area (Å²) in [4.78, 5) is 24.2. The number of hydrogen-bond acceptors (Lipinski definition) is 5. The molecule has 1 aromatic rings. The summed E-state index contributed by atoms with van der Waals surface area (Å²) in [6, 6.07) is 3.05. The lowest BCUT2D eigenvalue weighted by Gasteiger charge is -2.32. The molecule has 0 bridgehead atoms. The fourth-order valence-electron chi connectivity index (χ4n) is 1.40. The molecule has 0 aliphatic rings. The lowest BCUT2D eigenvalue weighted by molar-refractivity contribution is -0.155. The largest absolute Gasteiger partial charge is 0.480 e. The van der Waals surface area contributed by atoms with E-state index in [1.54, 1.807) is 11.4 Å². The third-order valence-electron chi connectivity index (χ3n) is 3.25. The number of carbonyl (C=O) groups is 2. The van der Waals surface area contributed by atoms with Crippen molar-refractivity contribution in [3.05, 3.63) is 17.5 Å². The predicted molar refractivity (Wildman–Crippen MR) is 78.6 cm³/mol. The zero-order chi connectivity index (χ0) is 16.4. The van der Waals surface area contributed by atoms with Crippen LogP contribution in [0.1, 0.15) is 13.8 Å². The Kier molecular flexibility index (Phi) is 5.13. The first-order chi connectivity index (χ1) is 9.51. The van der Waals surface area contributed by atoms with Crippen LogP contribution in [0.4, 0.5) is 0 Å². The van der Waals surface area contributed by atoms with Crippen molar-refractivity contribution in [3.8, 4) is 0 Å². The highest BCUT2D eigenvalue weighted by atomic mass is 32.2. The van der Waals surface area contributed by atoms with Gasteiger partial charge in [-0.15, -0.1) is 11.3 Å². The molecule has 1 rings (SSSR count). The number of nitrogens with zero attached hydrogens (tertiary/aromatic N) is 2. The molecule has 0 aliphatic carbocycles. The standard InChI is InChI=1S/C12H18N2O5S2/c1-12(2,11(16)17)14(4)9(15)8-13(3)21(18,19)10-6-5-7-20-10/h5-7H,8H2,1-4H3,(H,16,17). The fraction of sp³-hybridized carbons (Fsp3) is 0.500.